The Bertz CT molecular complexity index is 90.4. The Balaban J connectivity index is -0.0000000210. The zero-order valence-corrected chi connectivity index (χ0v) is 21.2. The third-order valence-corrected chi connectivity index (χ3v) is 0. The molecule has 150 valence electrons. The molecule has 0 unspecified atom stereocenters. The van der Waals surface area contributed by atoms with Gasteiger partial charge >= 0.3 is 57.4 Å². The largest absolute Gasteiger partial charge is 4.00 e. The van der Waals surface area contributed by atoms with Crippen LogP contribution >= 0.6 is 18.6 Å². The Hall–Kier alpha value is 1.77. The number of aliphatic hydroxyl groups is 2. The van der Waals surface area contributed by atoms with Gasteiger partial charge in [0.15, 0.2) is 0 Å². The number of rotatable bonds is 0. The molecule has 0 aliphatic carbocycles. The first-order chi connectivity index (χ1) is 10.3. The van der Waals surface area contributed by atoms with Crippen molar-refractivity contribution in [1.29, 1.82) is 0 Å². The van der Waals surface area contributed by atoms with Gasteiger partial charge in [-0.05, 0) is 0 Å². The molecule has 0 spiro atoms. The fourth-order valence-corrected chi connectivity index (χ4v) is 0. The van der Waals surface area contributed by atoms with E-state index in [9.17, 15) is 20.4 Å². The topological polar surface area (TPSA) is 133 Å². The second kappa shape index (κ2) is 64.2. The molecule has 0 rings (SSSR count). The Morgan fingerprint density at radius 2 is 0.542 bits per heavy atom. The van der Waals surface area contributed by atoms with E-state index in [-0.39, 0.29) is 21.7 Å². The van der Waals surface area contributed by atoms with Crippen molar-refractivity contribution in [3.05, 3.63) is 0 Å². The summed E-state index contributed by atoms with van der Waals surface area (Å²) in [7, 11) is 11.8. The van der Waals surface area contributed by atoms with Gasteiger partial charge in [-0.1, -0.05) is 55.4 Å². The molecule has 0 aromatic rings. The van der Waals surface area contributed by atoms with Gasteiger partial charge in [-0.15, -0.1) is 24.4 Å². The number of hydrogen-bond donors (Lipinski definition) is 2. The zero-order valence-electron chi connectivity index (χ0n) is 16.6. The minimum atomic E-state index is -0.556. The second-order valence-electron chi connectivity index (χ2n) is 4.27. The van der Waals surface area contributed by atoms with Gasteiger partial charge in [-0.25, -0.2) is 0 Å². The van der Waals surface area contributed by atoms with Crippen LogP contribution in [-0.2, 0) is 38.7 Å². The molecule has 6 nitrogen and oxygen atoms in total. The molecule has 0 atom stereocenters. The molecule has 0 saturated carbocycles. The smallest absolute Gasteiger partial charge is 4.00 e. The van der Waals surface area contributed by atoms with E-state index in [0.717, 1.165) is 14.2 Å². The van der Waals surface area contributed by atoms with Gasteiger partial charge in [-0.2, -0.15) is 0 Å². The summed E-state index contributed by atoms with van der Waals surface area (Å²) in [6.07, 6.45) is -1.67. The third-order valence-electron chi connectivity index (χ3n) is 0. The van der Waals surface area contributed by atoms with Crippen LogP contribution in [-0.4, -0.2) is 48.8 Å². The third kappa shape index (κ3) is 3940. The molecule has 0 aromatic heterocycles. The predicted molar refractivity (Wildman–Crippen MR) is 88.5 cm³/mol. The number of halogens is 2. The molecule has 0 radical (unpaired) electrons. The van der Waals surface area contributed by atoms with E-state index in [1.54, 1.807) is 55.4 Å². The van der Waals surface area contributed by atoms with E-state index >= 15 is 0 Å². The van der Waals surface area contributed by atoms with Crippen molar-refractivity contribution in [3.8, 4) is 0 Å². The summed E-state index contributed by atoms with van der Waals surface area (Å²) in [6, 6.07) is 0. The van der Waals surface area contributed by atoms with E-state index in [0.29, 0.717) is 0 Å². The minimum Gasteiger partial charge on any atom is 4.00 e. The van der Waals surface area contributed by atoms with E-state index in [1.807, 2.05) is 0 Å². The first-order valence-corrected chi connectivity index (χ1v) is 11.1. The summed E-state index contributed by atoms with van der Waals surface area (Å²) in [5.41, 5.74) is 0. The van der Waals surface area contributed by atoms with E-state index < -0.39 is 41.4 Å². The summed E-state index contributed by atoms with van der Waals surface area (Å²) < 4.78 is 0. The van der Waals surface area contributed by atoms with Crippen LogP contribution in [0.15, 0.2) is 0 Å². The average molecular weight is 467 g/mol. The minimum absolute atomic E-state index is 0. The number of aliphatic hydroxyl groups excluding tert-OH is 2. The molecule has 24 heavy (non-hydrogen) atoms. The maximum atomic E-state index is 9.53. The molecular formula is C14H36Cl2O6Ti2. The van der Waals surface area contributed by atoms with Gasteiger partial charge < -0.3 is 30.6 Å². The van der Waals surface area contributed by atoms with Crippen LogP contribution in [0, 0.1) is 0 Å². The Kier molecular flexibility index (Phi) is 134. The van der Waals surface area contributed by atoms with Crippen molar-refractivity contribution in [2.24, 2.45) is 0 Å². The van der Waals surface area contributed by atoms with Crippen molar-refractivity contribution in [1.82, 2.24) is 0 Å². The maximum Gasteiger partial charge on any atom is 4.00 e. The summed E-state index contributed by atoms with van der Waals surface area (Å²) in [6.45, 7) is 12.9. The monoisotopic (exact) mass is 466 g/mol. The Morgan fingerprint density at radius 3 is 0.542 bits per heavy atom. The van der Waals surface area contributed by atoms with Crippen molar-refractivity contribution < 1.29 is 69.4 Å². The van der Waals surface area contributed by atoms with Gasteiger partial charge in [0.2, 0.25) is 0 Å². The van der Waals surface area contributed by atoms with Gasteiger partial charge in [0.05, 0.1) is 0 Å². The van der Waals surface area contributed by atoms with Crippen LogP contribution in [0.4, 0.5) is 0 Å². The van der Waals surface area contributed by atoms with Crippen LogP contribution in [0.5, 0.6) is 0 Å². The quantitative estimate of drug-likeness (QED) is 0.467. The van der Waals surface area contributed by atoms with Crippen LogP contribution in [0.2, 0.25) is 0 Å². The van der Waals surface area contributed by atoms with E-state index in [2.05, 4.69) is 0 Å². The van der Waals surface area contributed by atoms with Crippen LogP contribution in [0.1, 0.15) is 55.4 Å². The molecule has 0 bridgehead atoms. The molecule has 0 amide bonds. The molecule has 0 aromatic carbocycles. The van der Waals surface area contributed by atoms with Crippen LogP contribution < -0.4 is 20.4 Å². The number of hydrogen-bond acceptors (Lipinski definition) is 6. The van der Waals surface area contributed by atoms with Gasteiger partial charge in [0.25, 0.3) is 0 Å². The average Bonchev–Trinajstić information content (AvgIpc) is 2.31. The molecule has 0 aliphatic heterocycles. The van der Waals surface area contributed by atoms with Gasteiger partial charge in [-0.3, -0.25) is 0 Å². The first kappa shape index (κ1) is 50.1. The Morgan fingerprint density at radius 1 is 0.542 bits per heavy atom. The normalized spacial score (nSPS) is 7.08. The van der Waals surface area contributed by atoms with E-state index in [4.69, 9.17) is 28.8 Å². The summed E-state index contributed by atoms with van der Waals surface area (Å²) in [5, 5.41) is 52.1. The van der Waals surface area contributed by atoms with Crippen LogP contribution in [0.25, 0.3) is 0 Å². The fraction of sp³-hybridized carbons (Fsp3) is 1.00. The molecular weight excluding hydrogens is 431 g/mol. The summed E-state index contributed by atoms with van der Waals surface area (Å²) >= 11 is -0.556. The van der Waals surface area contributed by atoms with Crippen molar-refractivity contribution >= 4 is 18.6 Å². The Labute approximate surface area is 181 Å². The predicted octanol–water partition coefficient (Wildman–Crippen LogP) is -0.389. The fourth-order valence-electron chi connectivity index (χ4n) is 0. The van der Waals surface area contributed by atoms with Crippen molar-refractivity contribution in [2.75, 3.05) is 14.2 Å². The molecule has 2 N–H and O–H groups in total. The first-order valence-electron chi connectivity index (χ1n) is 6.83. The molecule has 0 fully saturated rings. The van der Waals surface area contributed by atoms with E-state index in [1.165, 1.54) is 0 Å². The van der Waals surface area contributed by atoms with Gasteiger partial charge in [0, 0.05) is 14.2 Å². The molecule has 10 heteroatoms. The molecule has 0 saturated heterocycles. The molecule has 0 heterocycles. The maximum absolute atomic E-state index is 9.53. The standard InChI is InChI=1S/4C3H7O.2CH4O.2ClH.2Ti/c4*1-3(2)4;2*1-2;;;;/h4*3H,1-2H3;2*2H,1H3;2*1H;;/q4*-1;;;;;+2;+4/p-2. The SMILES string of the molecule is CC(C)[O-].CC(C)[O-].CC(C)[O-].CC(C)[O-].CO.CO.[Cl][Ti][Cl].[Ti+4]. The second-order valence-corrected chi connectivity index (χ2v) is 6.85. The molecule has 0 aliphatic rings. The summed E-state index contributed by atoms with van der Waals surface area (Å²) in [4.78, 5) is 0. The van der Waals surface area contributed by atoms with Gasteiger partial charge in [0.1, 0.15) is 0 Å². The van der Waals surface area contributed by atoms with Crippen molar-refractivity contribution in [2.45, 2.75) is 79.8 Å². The van der Waals surface area contributed by atoms with Crippen molar-refractivity contribution in [3.63, 3.8) is 0 Å². The van der Waals surface area contributed by atoms with Crippen LogP contribution in [0.3, 0.4) is 0 Å². The zero-order chi connectivity index (χ0) is 21.0. The summed E-state index contributed by atoms with van der Waals surface area (Å²) in [5.74, 6) is 0.